The Labute approximate surface area is 175 Å². The summed E-state index contributed by atoms with van der Waals surface area (Å²) in [6.07, 6.45) is 2.74. The first-order chi connectivity index (χ1) is 14.2. The molecule has 0 bridgehead atoms. The number of hydrogen-bond donors (Lipinski definition) is 0. The lowest BCUT2D eigenvalue weighted by Gasteiger charge is -2.30. The Morgan fingerprint density at radius 2 is 2.00 bits per heavy atom. The predicted molar refractivity (Wildman–Crippen MR) is 111 cm³/mol. The second-order valence-corrected chi connectivity index (χ2v) is 8.06. The number of benzene rings is 2. The topological polar surface area (TPSA) is 54.1 Å². The van der Waals surface area contributed by atoms with Crippen LogP contribution in [0.5, 0.6) is 5.75 Å². The van der Waals surface area contributed by atoms with E-state index in [1.54, 1.807) is 11.8 Å². The Morgan fingerprint density at radius 1 is 1.14 bits per heavy atom. The summed E-state index contributed by atoms with van der Waals surface area (Å²) in [5.41, 5.74) is 6.07. The van der Waals surface area contributed by atoms with E-state index in [1.807, 2.05) is 30.3 Å². The minimum atomic E-state index is 0.385. The number of aromatic nitrogens is 2. The van der Waals surface area contributed by atoms with Crippen LogP contribution in [-0.2, 0) is 25.9 Å². The zero-order valence-corrected chi connectivity index (χ0v) is 17.0. The van der Waals surface area contributed by atoms with Crippen LogP contribution in [0.3, 0.4) is 0 Å². The average molecular weight is 405 g/mol. The van der Waals surface area contributed by atoms with Crippen LogP contribution < -0.4 is 4.74 Å². The molecule has 1 aromatic heterocycles. The van der Waals surface area contributed by atoms with E-state index in [1.165, 1.54) is 11.1 Å². The summed E-state index contributed by atoms with van der Waals surface area (Å²) in [4.78, 5) is 2.50. The highest BCUT2D eigenvalue weighted by Crippen LogP contribution is 2.36. The Hall–Kier alpha value is -2.81. The first-order valence-corrected chi connectivity index (χ1v) is 10.2. The Morgan fingerprint density at radius 3 is 2.79 bits per heavy atom. The molecule has 0 spiro atoms. The van der Waals surface area contributed by atoms with Gasteiger partial charge in [0.05, 0.1) is 23.5 Å². The molecule has 29 heavy (non-hydrogen) atoms. The van der Waals surface area contributed by atoms with Gasteiger partial charge in [-0.3, -0.25) is 4.90 Å². The molecule has 2 heterocycles. The number of nitrogens with zero attached hydrogens (tertiary/aromatic N) is 4. The standard InChI is InChI=1S/C23H21ClN4O/c1-29-23-8-4-5-15-13-27(14-18(15)23)16-9-10-20-17(11-16)22(12-25)28(26-20)21-7-3-2-6-19(21)24/h2-8,16H,9-11,13-14H2,1H3. The maximum Gasteiger partial charge on any atom is 0.147 e. The Bertz CT molecular complexity index is 1130. The largest absolute Gasteiger partial charge is 0.496 e. The summed E-state index contributed by atoms with van der Waals surface area (Å²) < 4.78 is 7.27. The molecule has 0 saturated carbocycles. The molecule has 146 valence electrons. The van der Waals surface area contributed by atoms with Gasteiger partial charge in [0.15, 0.2) is 0 Å². The number of hydrogen-bond acceptors (Lipinski definition) is 4. The van der Waals surface area contributed by atoms with Gasteiger partial charge >= 0.3 is 0 Å². The highest BCUT2D eigenvalue weighted by atomic mass is 35.5. The van der Waals surface area contributed by atoms with E-state index >= 15 is 0 Å². The van der Waals surface area contributed by atoms with E-state index in [0.29, 0.717) is 16.8 Å². The van der Waals surface area contributed by atoms with E-state index in [2.05, 4.69) is 23.1 Å². The van der Waals surface area contributed by atoms with Gasteiger partial charge in [0, 0.05) is 30.3 Å². The normalized spacial score (nSPS) is 18.2. The molecule has 1 aliphatic carbocycles. The minimum absolute atomic E-state index is 0.385. The van der Waals surface area contributed by atoms with Crippen molar-refractivity contribution in [2.24, 2.45) is 0 Å². The molecule has 5 rings (SSSR count). The van der Waals surface area contributed by atoms with Crippen LogP contribution in [0, 0.1) is 11.3 Å². The monoisotopic (exact) mass is 404 g/mol. The minimum Gasteiger partial charge on any atom is -0.496 e. The number of fused-ring (bicyclic) bond motifs is 2. The number of para-hydroxylation sites is 1. The van der Waals surface area contributed by atoms with Crippen molar-refractivity contribution in [3.63, 3.8) is 0 Å². The average Bonchev–Trinajstić information content (AvgIpc) is 3.34. The number of methoxy groups -OCH3 is 1. The molecule has 0 radical (unpaired) electrons. The van der Waals surface area contributed by atoms with Gasteiger partial charge in [0.1, 0.15) is 17.5 Å². The van der Waals surface area contributed by atoms with Crippen molar-refractivity contribution in [2.75, 3.05) is 7.11 Å². The van der Waals surface area contributed by atoms with E-state index in [0.717, 1.165) is 55.0 Å². The van der Waals surface area contributed by atoms with Crippen molar-refractivity contribution in [3.8, 4) is 17.5 Å². The smallest absolute Gasteiger partial charge is 0.147 e. The fourth-order valence-electron chi connectivity index (χ4n) is 4.64. The van der Waals surface area contributed by atoms with E-state index in [9.17, 15) is 5.26 Å². The van der Waals surface area contributed by atoms with Crippen molar-refractivity contribution in [3.05, 3.63) is 75.6 Å². The van der Waals surface area contributed by atoms with E-state index in [-0.39, 0.29) is 0 Å². The maximum atomic E-state index is 9.89. The molecule has 1 aliphatic heterocycles. The highest BCUT2D eigenvalue weighted by molar-refractivity contribution is 6.32. The molecular formula is C23H21ClN4O. The third-order valence-corrected chi connectivity index (χ3v) is 6.43. The van der Waals surface area contributed by atoms with Crippen LogP contribution in [0.1, 0.15) is 34.5 Å². The lowest BCUT2D eigenvalue weighted by atomic mass is 9.91. The Kier molecular flexibility index (Phi) is 4.54. The number of halogens is 1. The fourth-order valence-corrected chi connectivity index (χ4v) is 4.86. The zero-order valence-electron chi connectivity index (χ0n) is 16.2. The lowest BCUT2D eigenvalue weighted by Crippen LogP contribution is -2.35. The number of aryl methyl sites for hydroxylation is 1. The van der Waals surface area contributed by atoms with Gasteiger partial charge in [0.25, 0.3) is 0 Å². The van der Waals surface area contributed by atoms with Crippen molar-refractivity contribution >= 4 is 11.6 Å². The molecular weight excluding hydrogens is 384 g/mol. The van der Waals surface area contributed by atoms with Crippen molar-refractivity contribution in [2.45, 2.75) is 38.4 Å². The van der Waals surface area contributed by atoms with Gasteiger partial charge in [0.2, 0.25) is 0 Å². The number of nitriles is 1. The van der Waals surface area contributed by atoms with Crippen LogP contribution in [0.4, 0.5) is 0 Å². The number of ether oxygens (including phenoxy) is 1. The third kappa shape index (κ3) is 3.00. The van der Waals surface area contributed by atoms with Crippen molar-refractivity contribution in [1.29, 1.82) is 5.26 Å². The summed E-state index contributed by atoms with van der Waals surface area (Å²) in [6, 6.07) is 16.6. The molecule has 1 atom stereocenters. The van der Waals surface area contributed by atoms with E-state index < -0.39 is 0 Å². The van der Waals surface area contributed by atoms with Gasteiger partial charge in [-0.2, -0.15) is 10.4 Å². The molecule has 5 nitrogen and oxygen atoms in total. The summed E-state index contributed by atoms with van der Waals surface area (Å²) in [5.74, 6) is 0.964. The van der Waals surface area contributed by atoms with Crippen LogP contribution in [-0.4, -0.2) is 27.8 Å². The summed E-state index contributed by atoms with van der Waals surface area (Å²) >= 11 is 6.37. The Balaban J connectivity index is 1.45. The van der Waals surface area contributed by atoms with Crippen LogP contribution >= 0.6 is 11.6 Å². The van der Waals surface area contributed by atoms with Crippen molar-refractivity contribution in [1.82, 2.24) is 14.7 Å². The van der Waals surface area contributed by atoms with Crippen molar-refractivity contribution < 1.29 is 4.74 Å². The van der Waals surface area contributed by atoms with Gasteiger partial charge in [-0.05, 0) is 43.0 Å². The second kappa shape index (κ2) is 7.22. The van der Waals surface area contributed by atoms with E-state index in [4.69, 9.17) is 21.4 Å². The lowest BCUT2D eigenvalue weighted by molar-refractivity contribution is 0.180. The van der Waals surface area contributed by atoms with Gasteiger partial charge in [-0.25, -0.2) is 4.68 Å². The first kappa shape index (κ1) is 18.2. The summed E-state index contributed by atoms with van der Waals surface area (Å²) in [6.45, 7) is 1.81. The predicted octanol–water partition coefficient (Wildman–Crippen LogP) is 4.28. The molecule has 1 unspecified atom stereocenters. The highest BCUT2D eigenvalue weighted by Gasteiger charge is 2.33. The van der Waals surface area contributed by atoms with Crippen LogP contribution in [0.15, 0.2) is 42.5 Å². The molecule has 0 saturated heterocycles. The van der Waals surface area contributed by atoms with Crippen LogP contribution in [0.2, 0.25) is 5.02 Å². The SMILES string of the molecule is COc1cccc2c1CN(C1CCc3nn(-c4ccccc4Cl)c(C#N)c3C1)C2. The molecule has 3 aromatic rings. The summed E-state index contributed by atoms with van der Waals surface area (Å²) in [5, 5.41) is 15.2. The van der Waals surface area contributed by atoms with Crippen LogP contribution in [0.25, 0.3) is 5.69 Å². The molecule has 2 aliphatic rings. The number of rotatable bonds is 3. The molecule has 0 N–H and O–H groups in total. The zero-order chi connectivity index (χ0) is 20.0. The molecule has 0 fully saturated rings. The maximum absolute atomic E-state index is 9.89. The van der Waals surface area contributed by atoms with Gasteiger partial charge in [-0.1, -0.05) is 35.9 Å². The molecule has 2 aromatic carbocycles. The van der Waals surface area contributed by atoms with Gasteiger partial charge in [-0.15, -0.1) is 0 Å². The quantitative estimate of drug-likeness (QED) is 0.653. The second-order valence-electron chi connectivity index (χ2n) is 7.65. The molecule has 6 heteroatoms. The van der Waals surface area contributed by atoms with Gasteiger partial charge < -0.3 is 4.74 Å². The molecule has 0 amide bonds. The summed E-state index contributed by atoms with van der Waals surface area (Å²) in [7, 11) is 1.73. The fraction of sp³-hybridized carbons (Fsp3) is 0.304. The third-order valence-electron chi connectivity index (χ3n) is 6.11. The first-order valence-electron chi connectivity index (χ1n) is 9.84.